The third kappa shape index (κ3) is 1.75. The van der Waals surface area contributed by atoms with Gasteiger partial charge in [0.1, 0.15) is 11.5 Å². The van der Waals surface area contributed by atoms with Crippen LogP contribution in [0.1, 0.15) is 11.3 Å². The van der Waals surface area contributed by atoms with Crippen molar-refractivity contribution in [2.24, 2.45) is 0 Å². The van der Waals surface area contributed by atoms with Crippen LogP contribution < -0.4 is 5.32 Å². The minimum Gasteiger partial charge on any atom is -0.367 e. The van der Waals surface area contributed by atoms with Gasteiger partial charge in [-0.1, -0.05) is 6.07 Å². The summed E-state index contributed by atoms with van der Waals surface area (Å²) in [5, 5.41) is 10.3. The Hall–Kier alpha value is -2.30. The lowest BCUT2D eigenvalue weighted by Gasteiger charge is -2.08. The number of fused-ring (bicyclic) bond motifs is 1. The zero-order valence-electron chi connectivity index (χ0n) is 9.51. The van der Waals surface area contributed by atoms with Crippen molar-refractivity contribution in [2.45, 2.75) is 13.5 Å². The van der Waals surface area contributed by atoms with Crippen LogP contribution in [0.15, 0.2) is 36.8 Å². The van der Waals surface area contributed by atoms with Crippen molar-refractivity contribution >= 4 is 11.5 Å². The molecule has 5 heteroatoms. The second-order valence-corrected chi connectivity index (χ2v) is 3.94. The van der Waals surface area contributed by atoms with Gasteiger partial charge in [-0.15, -0.1) is 0 Å². The Morgan fingerprint density at radius 3 is 3.18 bits per heavy atom. The van der Waals surface area contributed by atoms with Gasteiger partial charge >= 0.3 is 0 Å². The molecule has 0 fully saturated rings. The van der Waals surface area contributed by atoms with Gasteiger partial charge in [0.05, 0.1) is 6.20 Å². The van der Waals surface area contributed by atoms with Crippen LogP contribution in [0, 0.1) is 6.92 Å². The molecule has 3 heterocycles. The van der Waals surface area contributed by atoms with Gasteiger partial charge in [0.25, 0.3) is 0 Å². The summed E-state index contributed by atoms with van der Waals surface area (Å²) in [5.74, 6) is 1.03. The first-order valence-corrected chi connectivity index (χ1v) is 5.49. The topological polar surface area (TPSA) is 58.0 Å². The molecule has 0 radical (unpaired) electrons. The number of pyridine rings is 1. The maximum atomic E-state index is 4.25. The summed E-state index contributed by atoms with van der Waals surface area (Å²) in [6.45, 7) is 2.77. The van der Waals surface area contributed by atoms with E-state index in [0.29, 0.717) is 0 Å². The van der Waals surface area contributed by atoms with Crippen molar-refractivity contribution in [3.8, 4) is 0 Å². The molecule has 0 aromatic carbocycles. The van der Waals surface area contributed by atoms with Gasteiger partial charge in [-0.05, 0) is 19.1 Å². The first-order chi connectivity index (χ1) is 8.34. The lowest BCUT2D eigenvalue weighted by molar-refractivity contribution is 1.03. The quantitative estimate of drug-likeness (QED) is 0.719. The summed E-state index contributed by atoms with van der Waals surface area (Å²) in [5.41, 5.74) is 3.20. The number of aromatic amines is 1. The summed E-state index contributed by atoms with van der Waals surface area (Å²) < 4.78 is 2.02. The van der Waals surface area contributed by atoms with E-state index in [0.717, 1.165) is 23.7 Å². The van der Waals surface area contributed by atoms with Crippen molar-refractivity contribution in [1.29, 1.82) is 0 Å². The van der Waals surface area contributed by atoms with Crippen LogP contribution in [0.25, 0.3) is 5.65 Å². The van der Waals surface area contributed by atoms with Gasteiger partial charge in [0, 0.05) is 30.2 Å². The third-order valence-corrected chi connectivity index (χ3v) is 2.82. The Bertz CT molecular complexity index is 637. The Morgan fingerprint density at radius 1 is 1.41 bits per heavy atom. The van der Waals surface area contributed by atoms with Crippen LogP contribution in [-0.2, 0) is 6.54 Å². The van der Waals surface area contributed by atoms with E-state index in [1.54, 1.807) is 6.20 Å². The van der Waals surface area contributed by atoms with Gasteiger partial charge in [-0.2, -0.15) is 5.10 Å². The molecule has 0 aliphatic carbocycles. The van der Waals surface area contributed by atoms with E-state index in [1.807, 2.05) is 41.9 Å². The highest BCUT2D eigenvalue weighted by Crippen LogP contribution is 2.12. The summed E-state index contributed by atoms with van der Waals surface area (Å²) >= 11 is 0. The van der Waals surface area contributed by atoms with Crippen LogP contribution in [0.4, 0.5) is 5.82 Å². The average molecular weight is 227 g/mol. The number of nitrogens with one attached hydrogen (secondary N) is 2. The predicted molar refractivity (Wildman–Crippen MR) is 65.8 cm³/mol. The number of H-pyrrole nitrogens is 1. The molecule has 0 bridgehead atoms. The number of imidazole rings is 1. The third-order valence-electron chi connectivity index (χ3n) is 2.82. The van der Waals surface area contributed by atoms with E-state index in [1.165, 1.54) is 5.56 Å². The first kappa shape index (κ1) is 9.89. The van der Waals surface area contributed by atoms with E-state index < -0.39 is 0 Å². The SMILES string of the molecule is Cc1[nH]ncc1CNc1cccc2nccn12. The fourth-order valence-corrected chi connectivity index (χ4v) is 1.83. The number of aromatic nitrogens is 4. The molecule has 0 amide bonds. The molecule has 5 nitrogen and oxygen atoms in total. The smallest absolute Gasteiger partial charge is 0.138 e. The van der Waals surface area contributed by atoms with Crippen LogP contribution in [-0.4, -0.2) is 19.6 Å². The van der Waals surface area contributed by atoms with Gasteiger partial charge in [0.15, 0.2) is 0 Å². The van der Waals surface area contributed by atoms with Crippen molar-refractivity contribution in [1.82, 2.24) is 19.6 Å². The monoisotopic (exact) mass is 227 g/mol. The van der Waals surface area contributed by atoms with E-state index in [4.69, 9.17) is 0 Å². The first-order valence-electron chi connectivity index (χ1n) is 5.49. The Morgan fingerprint density at radius 2 is 2.35 bits per heavy atom. The maximum Gasteiger partial charge on any atom is 0.138 e. The highest BCUT2D eigenvalue weighted by Gasteiger charge is 2.02. The van der Waals surface area contributed by atoms with Crippen molar-refractivity contribution in [2.75, 3.05) is 5.32 Å². The summed E-state index contributed by atoms with van der Waals surface area (Å²) in [6, 6.07) is 6.01. The molecular formula is C12H13N5. The van der Waals surface area contributed by atoms with Crippen molar-refractivity contribution < 1.29 is 0 Å². The molecule has 0 aliphatic rings. The summed E-state index contributed by atoms with van der Waals surface area (Å²) in [7, 11) is 0. The van der Waals surface area contributed by atoms with Crippen LogP contribution in [0.2, 0.25) is 0 Å². The molecule has 0 aliphatic heterocycles. The number of hydrogen-bond donors (Lipinski definition) is 2. The zero-order valence-corrected chi connectivity index (χ0v) is 9.51. The Labute approximate surface area is 98.5 Å². The van der Waals surface area contributed by atoms with E-state index >= 15 is 0 Å². The standard InChI is InChI=1S/C12H13N5/c1-9-10(8-15-16-9)7-14-12-4-2-3-11-13-5-6-17(11)12/h2-6,8,14H,7H2,1H3,(H,15,16). The molecule has 3 aromatic rings. The van der Waals surface area contributed by atoms with Crippen molar-refractivity contribution in [3.63, 3.8) is 0 Å². The molecule has 3 aromatic heterocycles. The van der Waals surface area contributed by atoms with E-state index in [-0.39, 0.29) is 0 Å². The molecule has 3 rings (SSSR count). The zero-order chi connectivity index (χ0) is 11.7. The minimum atomic E-state index is 0.750. The van der Waals surface area contributed by atoms with Crippen molar-refractivity contribution in [3.05, 3.63) is 48.0 Å². The minimum absolute atomic E-state index is 0.750. The molecule has 0 unspecified atom stereocenters. The highest BCUT2D eigenvalue weighted by atomic mass is 15.1. The largest absolute Gasteiger partial charge is 0.367 e. The van der Waals surface area contributed by atoms with Gasteiger partial charge in [0.2, 0.25) is 0 Å². The van der Waals surface area contributed by atoms with Crippen LogP contribution in [0.3, 0.4) is 0 Å². The molecular weight excluding hydrogens is 214 g/mol. The number of anilines is 1. The normalized spacial score (nSPS) is 10.9. The van der Waals surface area contributed by atoms with Gasteiger partial charge < -0.3 is 5.32 Å². The maximum absolute atomic E-state index is 4.25. The number of rotatable bonds is 3. The molecule has 0 atom stereocenters. The molecule has 2 N–H and O–H groups in total. The number of aryl methyl sites for hydroxylation is 1. The second kappa shape index (κ2) is 3.93. The van der Waals surface area contributed by atoms with E-state index in [9.17, 15) is 0 Å². The molecule has 17 heavy (non-hydrogen) atoms. The van der Waals surface area contributed by atoms with Crippen LogP contribution in [0.5, 0.6) is 0 Å². The number of nitrogens with zero attached hydrogens (tertiary/aromatic N) is 3. The van der Waals surface area contributed by atoms with Crippen LogP contribution >= 0.6 is 0 Å². The fourth-order valence-electron chi connectivity index (χ4n) is 1.83. The summed E-state index contributed by atoms with van der Waals surface area (Å²) in [4.78, 5) is 4.25. The van der Waals surface area contributed by atoms with Gasteiger partial charge in [-0.3, -0.25) is 9.50 Å². The summed E-state index contributed by atoms with van der Waals surface area (Å²) in [6.07, 6.45) is 5.58. The lowest BCUT2D eigenvalue weighted by atomic mass is 10.2. The number of hydrogen-bond acceptors (Lipinski definition) is 3. The Kier molecular flexibility index (Phi) is 2.29. The average Bonchev–Trinajstić information content (AvgIpc) is 2.95. The predicted octanol–water partition coefficient (Wildman–Crippen LogP) is 1.98. The second-order valence-electron chi connectivity index (χ2n) is 3.94. The van der Waals surface area contributed by atoms with E-state index in [2.05, 4.69) is 20.5 Å². The highest BCUT2D eigenvalue weighted by molar-refractivity contribution is 5.50. The lowest BCUT2D eigenvalue weighted by Crippen LogP contribution is -2.03. The molecule has 0 saturated carbocycles. The fraction of sp³-hybridized carbons (Fsp3) is 0.167. The van der Waals surface area contributed by atoms with Gasteiger partial charge in [-0.25, -0.2) is 4.98 Å². The molecule has 0 saturated heterocycles. The molecule has 86 valence electrons. The molecule has 0 spiro atoms. The Balaban J connectivity index is 1.86.